The molecule has 0 aliphatic carbocycles. The van der Waals surface area contributed by atoms with E-state index in [-0.39, 0.29) is 16.9 Å². The summed E-state index contributed by atoms with van der Waals surface area (Å²) in [4.78, 5) is 32.0. The first-order valence-corrected chi connectivity index (χ1v) is 10.4. The van der Waals surface area contributed by atoms with Crippen molar-refractivity contribution in [2.45, 2.75) is 19.9 Å². The third-order valence-corrected chi connectivity index (χ3v) is 5.90. The zero-order valence-corrected chi connectivity index (χ0v) is 18.8. The lowest BCUT2D eigenvalue weighted by Gasteiger charge is -2.26. The number of rotatable bonds is 5. The van der Waals surface area contributed by atoms with Crippen LogP contribution in [-0.4, -0.2) is 36.0 Å². The molecular weight excluding hydrogens is 420 g/mol. The van der Waals surface area contributed by atoms with Crippen LogP contribution in [0.4, 0.5) is 5.69 Å². The second kappa shape index (κ2) is 8.78. The Balaban J connectivity index is 1.96. The van der Waals surface area contributed by atoms with Crippen molar-refractivity contribution < 1.29 is 24.2 Å². The summed E-state index contributed by atoms with van der Waals surface area (Å²) in [6, 6.07) is 13.0. The van der Waals surface area contributed by atoms with Crippen LogP contribution < -0.4 is 14.4 Å². The van der Waals surface area contributed by atoms with Crippen molar-refractivity contribution in [1.29, 1.82) is 0 Å². The van der Waals surface area contributed by atoms with Gasteiger partial charge in [0.25, 0.3) is 11.7 Å². The maximum absolute atomic E-state index is 13.3. The average Bonchev–Trinajstić information content (AvgIpc) is 3.11. The minimum Gasteiger partial charge on any atom is -0.507 e. The number of carbonyl (C=O) groups excluding carboxylic acids is 2. The molecule has 1 amide bonds. The van der Waals surface area contributed by atoms with Gasteiger partial charge in [0.05, 0.1) is 31.4 Å². The molecule has 1 aliphatic rings. The van der Waals surface area contributed by atoms with E-state index < -0.39 is 17.7 Å². The number of nitrogens with zero attached hydrogens (tertiary/aromatic N) is 2. The monoisotopic (exact) mass is 444 g/mol. The minimum atomic E-state index is -0.832. The molecule has 1 unspecified atom stereocenters. The van der Waals surface area contributed by atoms with Gasteiger partial charge in [-0.3, -0.25) is 19.5 Å². The first-order valence-electron chi connectivity index (χ1n) is 10.4. The molecule has 168 valence electrons. The Morgan fingerprint density at radius 3 is 2.30 bits per heavy atom. The number of carbonyl (C=O) groups is 2. The van der Waals surface area contributed by atoms with E-state index in [2.05, 4.69) is 4.98 Å². The number of aromatic nitrogens is 1. The van der Waals surface area contributed by atoms with Crippen LogP contribution in [0, 0.1) is 13.8 Å². The first-order chi connectivity index (χ1) is 15.9. The van der Waals surface area contributed by atoms with Gasteiger partial charge in [0, 0.05) is 24.1 Å². The number of methoxy groups -OCH3 is 2. The molecule has 7 nitrogen and oxygen atoms in total. The summed E-state index contributed by atoms with van der Waals surface area (Å²) in [5.41, 5.74) is 3.54. The van der Waals surface area contributed by atoms with E-state index in [1.54, 1.807) is 48.8 Å². The zero-order chi connectivity index (χ0) is 23.7. The van der Waals surface area contributed by atoms with Crippen molar-refractivity contribution in [3.8, 4) is 11.5 Å². The lowest BCUT2D eigenvalue weighted by Crippen LogP contribution is -2.29. The Kier molecular flexibility index (Phi) is 5.87. The second-order valence-electron chi connectivity index (χ2n) is 7.78. The summed E-state index contributed by atoms with van der Waals surface area (Å²) in [6.07, 6.45) is 3.17. The normalized spacial score (nSPS) is 17.3. The van der Waals surface area contributed by atoms with E-state index in [0.717, 1.165) is 11.1 Å². The van der Waals surface area contributed by atoms with Gasteiger partial charge in [-0.25, -0.2) is 0 Å². The highest BCUT2D eigenvalue weighted by Gasteiger charge is 2.47. The quantitative estimate of drug-likeness (QED) is 0.358. The van der Waals surface area contributed by atoms with Crippen molar-refractivity contribution in [1.82, 2.24) is 4.98 Å². The number of hydrogen-bond acceptors (Lipinski definition) is 6. The van der Waals surface area contributed by atoms with Crippen molar-refractivity contribution >= 4 is 23.1 Å². The van der Waals surface area contributed by atoms with Gasteiger partial charge in [-0.2, -0.15) is 0 Å². The molecule has 0 saturated carbocycles. The molecule has 1 N–H and O–H groups in total. The minimum absolute atomic E-state index is 0.0205. The third kappa shape index (κ3) is 3.82. The van der Waals surface area contributed by atoms with E-state index in [1.165, 1.54) is 19.1 Å². The smallest absolute Gasteiger partial charge is 0.300 e. The Bertz CT molecular complexity index is 1270. The van der Waals surface area contributed by atoms with Crippen LogP contribution in [0.3, 0.4) is 0 Å². The van der Waals surface area contributed by atoms with E-state index in [4.69, 9.17) is 9.47 Å². The highest BCUT2D eigenvalue weighted by atomic mass is 16.5. The summed E-state index contributed by atoms with van der Waals surface area (Å²) in [5, 5.41) is 11.3. The topological polar surface area (TPSA) is 89.0 Å². The maximum Gasteiger partial charge on any atom is 0.300 e. The van der Waals surface area contributed by atoms with Gasteiger partial charge in [-0.05, 0) is 66.9 Å². The number of benzene rings is 2. The van der Waals surface area contributed by atoms with Crippen molar-refractivity contribution in [2.75, 3.05) is 19.1 Å². The fraction of sp³-hybridized carbons (Fsp3) is 0.192. The Hall–Kier alpha value is -4.13. The maximum atomic E-state index is 13.3. The molecule has 2 aromatic carbocycles. The van der Waals surface area contributed by atoms with Gasteiger partial charge >= 0.3 is 0 Å². The van der Waals surface area contributed by atoms with Gasteiger partial charge in [-0.15, -0.1) is 0 Å². The number of aliphatic hydroxyl groups is 1. The number of aryl methyl sites for hydroxylation is 2. The summed E-state index contributed by atoms with van der Waals surface area (Å²) >= 11 is 0. The fourth-order valence-corrected chi connectivity index (χ4v) is 3.97. The van der Waals surface area contributed by atoms with Gasteiger partial charge < -0.3 is 14.6 Å². The molecule has 3 aromatic rings. The third-order valence-electron chi connectivity index (χ3n) is 5.90. The van der Waals surface area contributed by atoms with E-state index in [9.17, 15) is 14.7 Å². The van der Waals surface area contributed by atoms with Crippen LogP contribution in [0.5, 0.6) is 11.5 Å². The number of anilines is 1. The number of aliphatic hydroxyl groups excluding tert-OH is 1. The molecule has 4 rings (SSSR count). The average molecular weight is 444 g/mol. The molecule has 1 aliphatic heterocycles. The second-order valence-corrected chi connectivity index (χ2v) is 7.78. The molecule has 2 heterocycles. The van der Waals surface area contributed by atoms with Crippen LogP contribution in [0.25, 0.3) is 5.76 Å². The van der Waals surface area contributed by atoms with Gasteiger partial charge in [0.1, 0.15) is 17.3 Å². The number of pyridine rings is 1. The molecule has 0 bridgehead atoms. The fourth-order valence-electron chi connectivity index (χ4n) is 3.97. The van der Waals surface area contributed by atoms with Crippen molar-refractivity contribution in [3.05, 3.63) is 88.8 Å². The zero-order valence-electron chi connectivity index (χ0n) is 18.8. The first kappa shape index (κ1) is 22.1. The predicted octanol–water partition coefficient (Wildman–Crippen LogP) is 4.34. The molecule has 1 fully saturated rings. The largest absolute Gasteiger partial charge is 0.507 e. The molecule has 0 radical (unpaired) electrons. The van der Waals surface area contributed by atoms with Crippen LogP contribution in [0.15, 0.2) is 66.5 Å². The van der Waals surface area contributed by atoms with Crippen molar-refractivity contribution in [2.24, 2.45) is 0 Å². The Morgan fingerprint density at radius 1 is 0.939 bits per heavy atom. The van der Waals surface area contributed by atoms with Crippen LogP contribution in [0.1, 0.15) is 28.3 Å². The Morgan fingerprint density at radius 2 is 1.67 bits per heavy atom. The van der Waals surface area contributed by atoms with Crippen molar-refractivity contribution in [3.63, 3.8) is 0 Å². The molecule has 1 atom stereocenters. The number of Topliss-reactive ketones (excluding diaryl/α,β-unsaturated/α-hetero) is 1. The lowest BCUT2D eigenvalue weighted by molar-refractivity contribution is -0.132. The Labute approximate surface area is 191 Å². The highest BCUT2D eigenvalue weighted by molar-refractivity contribution is 6.51. The summed E-state index contributed by atoms with van der Waals surface area (Å²) in [6.45, 7) is 3.92. The van der Waals surface area contributed by atoms with Gasteiger partial charge in [-0.1, -0.05) is 6.07 Å². The van der Waals surface area contributed by atoms with Crippen LogP contribution in [0.2, 0.25) is 0 Å². The molecule has 1 saturated heterocycles. The molecule has 1 aromatic heterocycles. The lowest BCUT2D eigenvalue weighted by atomic mass is 9.95. The van der Waals surface area contributed by atoms with Gasteiger partial charge in [0.15, 0.2) is 0 Å². The molecular formula is C26H24N2O5. The number of hydrogen-bond donors (Lipinski definition) is 1. The summed E-state index contributed by atoms with van der Waals surface area (Å²) < 4.78 is 10.6. The summed E-state index contributed by atoms with van der Waals surface area (Å²) in [7, 11) is 2.98. The summed E-state index contributed by atoms with van der Waals surface area (Å²) in [5.74, 6) is -0.956. The molecule has 0 spiro atoms. The standard InChI is InChI=1S/C26H24N2O5/c1-15-5-6-18(13-16(15)2)28-23(17-9-11-27-12-10-17)22(25(30)26(28)31)24(29)20-8-7-19(32-3)14-21(20)33-4/h5-14,23,29H,1-4H3/b24-22-. The number of ketones is 1. The van der Waals surface area contributed by atoms with E-state index in [0.29, 0.717) is 22.7 Å². The number of ether oxygens (including phenoxy) is 2. The molecule has 7 heteroatoms. The van der Waals surface area contributed by atoms with Crippen LogP contribution in [-0.2, 0) is 9.59 Å². The predicted molar refractivity (Wildman–Crippen MR) is 124 cm³/mol. The van der Waals surface area contributed by atoms with E-state index in [1.807, 2.05) is 26.0 Å². The van der Waals surface area contributed by atoms with Crippen LogP contribution >= 0.6 is 0 Å². The number of amides is 1. The van der Waals surface area contributed by atoms with Gasteiger partial charge in [0.2, 0.25) is 0 Å². The highest BCUT2D eigenvalue weighted by Crippen LogP contribution is 2.43. The molecule has 33 heavy (non-hydrogen) atoms. The SMILES string of the molecule is COc1ccc(/C(O)=C2/C(=O)C(=O)N(c3ccc(C)c(C)c3)C2c2ccncc2)c(OC)c1. The van der Waals surface area contributed by atoms with E-state index >= 15 is 0 Å².